The first-order valence-electron chi connectivity index (χ1n) is 4.69. The van der Waals surface area contributed by atoms with E-state index in [1.807, 2.05) is 26.0 Å². The molecular formula is C11H16INO. The van der Waals surface area contributed by atoms with E-state index in [9.17, 15) is 5.11 Å². The average molecular weight is 305 g/mol. The highest BCUT2D eigenvalue weighted by atomic mass is 127. The molecule has 0 unspecified atom stereocenters. The van der Waals surface area contributed by atoms with Crippen molar-refractivity contribution in [3.63, 3.8) is 0 Å². The van der Waals surface area contributed by atoms with Gasteiger partial charge in [0.25, 0.3) is 0 Å². The second-order valence-corrected chi connectivity index (χ2v) is 5.24. The van der Waals surface area contributed by atoms with Gasteiger partial charge in [0, 0.05) is 15.8 Å². The number of aliphatic hydroxyl groups is 1. The maximum absolute atomic E-state index is 9.50. The van der Waals surface area contributed by atoms with Crippen LogP contribution in [-0.4, -0.2) is 17.3 Å². The van der Waals surface area contributed by atoms with Gasteiger partial charge in [-0.1, -0.05) is 0 Å². The van der Waals surface area contributed by atoms with Crippen LogP contribution >= 0.6 is 22.6 Å². The fourth-order valence-corrected chi connectivity index (χ4v) is 1.44. The van der Waals surface area contributed by atoms with Crippen molar-refractivity contribution in [2.75, 3.05) is 11.9 Å². The minimum absolute atomic E-state index is 0.587. The summed E-state index contributed by atoms with van der Waals surface area (Å²) in [6.07, 6.45) is 0.749. The largest absolute Gasteiger partial charge is 0.390 e. The van der Waals surface area contributed by atoms with Gasteiger partial charge in [-0.3, -0.25) is 0 Å². The molecule has 0 radical (unpaired) electrons. The Morgan fingerprint density at radius 1 is 1.29 bits per heavy atom. The van der Waals surface area contributed by atoms with Crippen LogP contribution < -0.4 is 5.32 Å². The van der Waals surface area contributed by atoms with E-state index in [2.05, 4.69) is 40.0 Å². The number of hydrogen-bond donors (Lipinski definition) is 2. The lowest BCUT2D eigenvalue weighted by Gasteiger charge is -2.17. The highest BCUT2D eigenvalue weighted by Crippen LogP contribution is 2.12. The minimum Gasteiger partial charge on any atom is -0.390 e. The Kier molecular flexibility index (Phi) is 4.19. The molecule has 0 fully saturated rings. The second-order valence-electron chi connectivity index (χ2n) is 4.00. The zero-order chi connectivity index (χ0) is 10.6. The fourth-order valence-electron chi connectivity index (χ4n) is 1.08. The molecule has 1 rings (SSSR count). The van der Waals surface area contributed by atoms with E-state index in [1.54, 1.807) is 0 Å². The van der Waals surface area contributed by atoms with Crippen LogP contribution in [0.1, 0.15) is 20.3 Å². The zero-order valence-corrected chi connectivity index (χ0v) is 10.7. The Balaban J connectivity index is 2.35. The molecule has 78 valence electrons. The fraction of sp³-hybridized carbons (Fsp3) is 0.455. The topological polar surface area (TPSA) is 32.3 Å². The molecule has 0 aliphatic rings. The van der Waals surface area contributed by atoms with Gasteiger partial charge in [-0.05, 0) is 67.1 Å². The smallest absolute Gasteiger partial charge is 0.0608 e. The zero-order valence-electron chi connectivity index (χ0n) is 8.55. The third kappa shape index (κ3) is 4.81. The van der Waals surface area contributed by atoms with Crippen molar-refractivity contribution in [2.45, 2.75) is 25.9 Å². The predicted molar refractivity (Wildman–Crippen MR) is 68.6 cm³/mol. The summed E-state index contributed by atoms with van der Waals surface area (Å²) < 4.78 is 1.23. The SMILES string of the molecule is CC(C)(O)CCNc1ccc(I)cc1. The van der Waals surface area contributed by atoms with E-state index in [0.29, 0.717) is 0 Å². The molecule has 1 aromatic carbocycles. The van der Waals surface area contributed by atoms with Crippen LogP contribution in [-0.2, 0) is 0 Å². The number of halogens is 1. The molecule has 2 nitrogen and oxygen atoms in total. The van der Waals surface area contributed by atoms with Gasteiger partial charge in [0.1, 0.15) is 0 Å². The molecule has 0 saturated carbocycles. The lowest BCUT2D eigenvalue weighted by Crippen LogP contribution is -2.22. The van der Waals surface area contributed by atoms with E-state index >= 15 is 0 Å². The molecule has 0 saturated heterocycles. The van der Waals surface area contributed by atoms with Gasteiger partial charge in [0.15, 0.2) is 0 Å². The lowest BCUT2D eigenvalue weighted by molar-refractivity contribution is 0.0749. The number of anilines is 1. The maximum atomic E-state index is 9.50. The second kappa shape index (κ2) is 4.98. The molecule has 0 spiro atoms. The predicted octanol–water partition coefficient (Wildman–Crippen LogP) is 2.86. The summed E-state index contributed by atoms with van der Waals surface area (Å²) in [6, 6.07) is 8.22. The summed E-state index contributed by atoms with van der Waals surface area (Å²) >= 11 is 2.28. The molecule has 0 bridgehead atoms. The highest BCUT2D eigenvalue weighted by molar-refractivity contribution is 14.1. The Labute approximate surface area is 98.9 Å². The lowest BCUT2D eigenvalue weighted by atomic mass is 10.1. The Morgan fingerprint density at radius 3 is 2.36 bits per heavy atom. The normalized spacial score (nSPS) is 11.4. The van der Waals surface area contributed by atoms with Crippen molar-refractivity contribution in [1.82, 2.24) is 0 Å². The van der Waals surface area contributed by atoms with E-state index in [-0.39, 0.29) is 0 Å². The summed E-state index contributed by atoms with van der Waals surface area (Å²) in [4.78, 5) is 0. The Bertz CT molecular complexity index is 276. The number of hydrogen-bond acceptors (Lipinski definition) is 2. The minimum atomic E-state index is -0.587. The van der Waals surface area contributed by atoms with E-state index in [4.69, 9.17) is 0 Å². The van der Waals surface area contributed by atoms with Crippen LogP contribution in [0.3, 0.4) is 0 Å². The molecular weight excluding hydrogens is 289 g/mol. The van der Waals surface area contributed by atoms with Crippen molar-refractivity contribution in [3.8, 4) is 0 Å². The molecule has 0 aliphatic heterocycles. The number of benzene rings is 1. The monoisotopic (exact) mass is 305 g/mol. The Morgan fingerprint density at radius 2 is 1.86 bits per heavy atom. The van der Waals surface area contributed by atoms with Crippen LogP contribution in [0.5, 0.6) is 0 Å². The number of nitrogens with one attached hydrogen (secondary N) is 1. The summed E-state index contributed by atoms with van der Waals surface area (Å²) in [5.74, 6) is 0. The standard InChI is InChI=1S/C11H16INO/c1-11(2,14)7-8-13-10-5-3-9(12)4-6-10/h3-6,13-14H,7-8H2,1-2H3. The molecule has 0 aliphatic carbocycles. The van der Waals surface area contributed by atoms with Crippen molar-refractivity contribution < 1.29 is 5.11 Å². The molecule has 0 aromatic heterocycles. The van der Waals surface area contributed by atoms with Gasteiger partial charge >= 0.3 is 0 Å². The van der Waals surface area contributed by atoms with E-state index in [0.717, 1.165) is 18.7 Å². The van der Waals surface area contributed by atoms with Crippen molar-refractivity contribution in [1.29, 1.82) is 0 Å². The average Bonchev–Trinajstić information content (AvgIpc) is 2.06. The molecule has 0 heterocycles. The van der Waals surface area contributed by atoms with Crippen molar-refractivity contribution in [2.24, 2.45) is 0 Å². The molecule has 0 amide bonds. The van der Waals surface area contributed by atoms with Crippen LogP contribution in [0.2, 0.25) is 0 Å². The van der Waals surface area contributed by atoms with Gasteiger partial charge in [0.2, 0.25) is 0 Å². The van der Waals surface area contributed by atoms with Gasteiger partial charge in [-0.15, -0.1) is 0 Å². The van der Waals surface area contributed by atoms with Crippen molar-refractivity contribution >= 4 is 28.3 Å². The van der Waals surface area contributed by atoms with Crippen LogP contribution in [0.15, 0.2) is 24.3 Å². The number of rotatable bonds is 4. The van der Waals surface area contributed by atoms with Crippen molar-refractivity contribution in [3.05, 3.63) is 27.8 Å². The summed E-state index contributed by atoms with van der Waals surface area (Å²) in [5, 5.41) is 12.8. The first-order chi connectivity index (χ1) is 6.47. The van der Waals surface area contributed by atoms with Gasteiger partial charge < -0.3 is 10.4 Å². The van der Waals surface area contributed by atoms with Gasteiger partial charge in [-0.25, -0.2) is 0 Å². The quantitative estimate of drug-likeness (QED) is 0.838. The molecule has 2 N–H and O–H groups in total. The van der Waals surface area contributed by atoms with Crippen LogP contribution in [0.4, 0.5) is 5.69 Å². The third-order valence-electron chi connectivity index (χ3n) is 1.91. The molecule has 3 heteroatoms. The molecule has 0 atom stereocenters. The van der Waals surface area contributed by atoms with Gasteiger partial charge in [-0.2, -0.15) is 0 Å². The third-order valence-corrected chi connectivity index (χ3v) is 2.63. The summed E-state index contributed by atoms with van der Waals surface area (Å²) in [7, 11) is 0. The molecule has 1 aromatic rings. The Hall–Kier alpha value is -0.290. The summed E-state index contributed by atoms with van der Waals surface area (Å²) in [6.45, 7) is 4.44. The molecule has 14 heavy (non-hydrogen) atoms. The highest BCUT2D eigenvalue weighted by Gasteiger charge is 2.10. The van der Waals surface area contributed by atoms with Gasteiger partial charge in [0.05, 0.1) is 5.60 Å². The summed E-state index contributed by atoms with van der Waals surface area (Å²) in [5.41, 5.74) is 0.519. The first-order valence-corrected chi connectivity index (χ1v) is 5.77. The van der Waals surface area contributed by atoms with E-state index in [1.165, 1.54) is 3.57 Å². The first kappa shape index (κ1) is 11.8. The van der Waals surface area contributed by atoms with E-state index < -0.39 is 5.60 Å². The van der Waals surface area contributed by atoms with Crippen LogP contribution in [0.25, 0.3) is 0 Å². The maximum Gasteiger partial charge on any atom is 0.0608 e. The van der Waals surface area contributed by atoms with Crippen LogP contribution in [0, 0.1) is 3.57 Å².